The van der Waals surface area contributed by atoms with Crippen LogP contribution in [0.4, 0.5) is 10.5 Å². The maximum absolute atomic E-state index is 11.8. The van der Waals surface area contributed by atoms with Crippen molar-refractivity contribution >= 4 is 23.5 Å². The minimum Gasteiger partial charge on any atom is -0.482 e. The third-order valence-electron chi connectivity index (χ3n) is 2.71. The molecule has 2 N–H and O–H groups in total. The van der Waals surface area contributed by atoms with E-state index in [4.69, 9.17) is 4.74 Å². The van der Waals surface area contributed by atoms with Gasteiger partial charge in [0.05, 0.1) is 5.69 Å². The van der Waals surface area contributed by atoms with E-state index in [1.54, 1.807) is 24.3 Å². The van der Waals surface area contributed by atoms with Crippen LogP contribution in [0.1, 0.15) is 6.92 Å². The maximum atomic E-state index is 11.8. The Kier molecular flexibility index (Phi) is 4.19. The summed E-state index contributed by atoms with van der Waals surface area (Å²) in [6.07, 6.45) is 0. The molecule has 0 bridgehead atoms. The molecule has 2 rings (SSSR count). The van der Waals surface area contributed by atoms with Gasteiger partial charge in [0.1, 0.15) is 5.75 Å². The molecule has 0 radical (unpaired) electrons. The van der Waals surface area contributed by atoms with E-state index in [9.17, 15) is 14.4 Å². The van der Waals surface area contributed by atoms with Crippen LogP contribution in [0, 0.1) is 0 Å². The molecule has 1 fully saturated rings. The predicted octanol–water partition coefficient (Wildman–Crippen LogP) is 0.576. The first-order valence-electron chi connectivity index (χ1n) is 6.15. The molecule has 0 spiro atoms. The lowest BCUT2D eigenvalue weighted by Crippen LogP contribution is -2.37. The van der Waals surface area contributed by atoms with Gasteiger partial charge < -0.3 is 15.4 Å². The number of imide groups is 1. The molecule has 1 saturated heterocycles. The van der Waals surface area contributed by atoms with Crippen molar-refractivity contribution in [3.63, 3.8) is 0 Å². The highest BCUT2D eigenvalue weighted by molar-refractivity contribution is 5.96. The van der Waals surface area contributed by atoms with E-state index in [1.807, 2.05) is 0 Å². The fourth-order valence-corrected chi connectivity index (χ4v) is 1.81. The number of amides is 4. The van der Waals surface area contributed by atoms with E-state index < -0.39 is 11.9 Å². The van der Waals surface area contributed by atoms with Gasteiger partial charge in [-0.15, -0.1) is 0 Å². The first-order valence-corrected chi connectivity index (χ1v) is 6.15. The van der Waals surface area contributed by atoms with Crippen LogP contribution in [0.2, 0.25) is 0 Å². The zero-order valence-electron chi connectivity index (χ0n) is 11.0. The highest BCUT2D eigenvalue weighted by atomic mass is 16.5. The number of urea groups is 1. The lowest BCUT2D eigenvalue weighted by atomic mass is 10.3. The number of carbonyl (C=O) groups excluding carboxylic acids is 3. The number of carbonyl (C=O) groups is 3. The topological polar surface area (TPSA) is 87.7 Å². The first-order chi connectivity index (χ1) is 9.58. The van der Waals surface area contributed by atoms with E-state index in [2.05, 4.69) is 10.6 Å². The molecular formula is C13H15N3O4. The molecule has 0 unspecified atom stereocenters. The molecule has 106 valence electrons. The van der Waals surface area contributed by atoms with Gasteiger partial charge in [0.15, 0.2) is 6.61 Å². The van der Waals surface area contributed by atoms with Crippen LogP contribution >= 0.6 is 0 Å². The average molecular weight is 277 g/mol. The van der Waals surface area contributed by atoms with Gasteiger partial charge in [-0.1, -0.05) is 12.1 Å². The number of ether oxygens (including phenoxy) is 1. The normalized spacial score (nSPS) is 13.8. The average Bonchev–Trinajstić information content (AvgIpc) is 2.83. The summed E-state index contributed by atoms with van der Waals surface area (Å²) in [5.74, 6) is -0.264. The third-order valence-corrected chi connectivity index (χ3v) is 2.71. The van der Waals surface area contributed by atoms with Crippen LogP contribution in [0.15, 0.2) is 24.3 Å². The number of nitrogens with one attached hydrogen (secondary N) is 2. The Labute approximate surface area is 115 Å². The molecule has 4 amide bonds. The molecule has 0 aliphatic carbocycles. The second-order valence-corrected chi connectivity index (χ2v) is 4.24. The van der Waals surface area contributed by atoms with Crippen LogP contribution in [0.5, 0.6) is 5.75 Å². The molecule has 1 aromatic rings. The molecule has 0 atom stereocenters. The van der Waals surface area contributed by atoms with Crippen molar-refractivity contribution in [3.05, 3.63) is 24.3 Å². The van der Waals surface area contributed by atoms with Crippen LogP contribution in [-0.4, -0.2) is 42.4 Å². The molecule has 1 aromatic carbocycles. The van der Waals surface area contributed by atoms with E-state index in [-0.39, 0.29) is 12.5 Å². The van der Waals surface area contributed by atoms with E-state index >= 15 is 0 Å². The van der Waals surface area contributed by atoms with Gasteiger partial charge >= 0.3 is 6.03 Å². The van der Waals surface area contributed by atoms with Crippen molar-refractivity contribution in [3.8, 4) is 5.75 Å². The zero-order chi connectivity index (χ0) is 14.5. The third kappa shape index (κ3) is 3.25. The Morgan fingerprint density at radius 1 is 1.40 bits per heavy atom. The number of benzene rings is 1. The van der Waals surface area contributed by atoms with Crippen molar-refractivity contribution in [2.24, 2.45) is 0 Å². The second-order valence-electron chi connectivity index (χ2n) is 4.24. The standard InChI is InChI=1S/C13H15N3O4/c1-9(17)15-10-4-2-3-5-11(10)20-8-12(18)16-7-6-14-13(16)19/h2-5H,6-8H2,1H3,(H,14,19)(H,15,17). The van der Waals surface area contributed by atoms with Gasteiger partial charge in [-0.05, 0) is 12.1 Å². The first kappa shape index (κ1) is 13.9. The van der Waals surface area contributed by atoms with E-state index in [0.717, 1.165) is 4.90 Å². The molecule has 0 aromatic heterocycles. The zero-order valence-corrected chi connectivity index (χ0v) is 11.0. The Bertz CT molecular complexity index is 544. The minimum atomic E-state index is -0.419. The number of anilines is 1. The van der Waals surface area contributed by atoms with Crippen LogP contribution < -0.4 is 15.4 Å². The quantitative estimate of drug-likeness (QED) is 0.842. The highest BCUT2D eigenvalue weighted by Crippen LogP contribution is 2.23. The van der Waals surface area contributed by atoms with Crippen molar-refractivity contribution < 1.29 is 19.1 Å². The Morgan fingerprint density at radius 2 is 2.15 bits per heavy atom. The summed E-state index contributed by atoms with van der Waals surface area (Å²) in [7, 11) is 0. The molecule has 7 heteroatoms. The predicted molar refractivity (Wildman–Crippen MR) is 71.4 cm³/mol. The number of hydrogen-bond acceptors (Lipinski definition) is 4. The molecular weight excluding hydrogens is 262 g/mol. The Hall–Kier alpha value is -2.57. The Morgan fingerprint density at radius 3 is 2.80 bits per heavy atom. The van der Waals surface area contributed by atoms with Crippen LogP contribution in [0.25, 0.3) is 0 Å². The Balaban J connectivity index is 1.98. The van der Waals surface area contributed by atoms with Gasteiger partial charge in [0.25, 0.3) is 5.91 Å². The van der Waals surface area contributed by atoms with Gasteiger partial charge in [-0.2, -0.15) is 0 Å². The van der Waals surface area contributed by atoms with Gasteiger partial charge in [-0.3, -0.25) is 14.5 Å². The summed E-state index contributed by atoms with van der Waals surface area (Å²) in [5, 5.41) is 5.15. The fourth-order valence-electron chi connectivity index (χ4n) is 1.81. The lowest BCUT2D eigenvalue weighted by molar-refractivity contribution is -0.129. The SMILES string of the molecule is CC(=O)Nc1ccccc1OCC(=O)N1CCNC1=O. The number of hydrogen-bond donors (Lipinski definition) is 2. The highest BCUT2D eigenvalue weighted by Gasteiger charge is 2.26. The van der Waals surface area contributed by atoms with Crippen LogP contribution in [0.3, 0.4) is 0 Å². The van der Waals surface area contributed by atoms with Crippen LogP contribution in [-0.2, 0) is 9.59 Å². The molecule has 7 nitrogen and oxygen atoms in total. The smallest absolute Gasteiger partial charge is 0.324 e. The fraction of sp³-hybridized carbons (Fsp3) is 0.308. The monoisotopic (exact) mass is 277 g/mol. The lowest BCUT2D eigenvalue weighted by Gasteiger charge is -2.14. The van der Waals surface area contributed by atoms with E-state index in [0.29, 0.717) is 24.5 Å². The largest absolute Gasteiger partial charge is 0.482 e. The van der Waals surface area contributed by atoms with Gasteiger partial charge in [0, 0.05) is 20.0 Å². The minimum absolute atomic E-state index is 0.230. The number of para-hydroxylation sites is 2. The second kappa shape index (κ2) is 6.05. The maximum Gasteiger partial charge on any atom is 0.324 e. The molecule has 0 saturated carbocycles. The molecule has 20 heavy (non-hydrogen) atoms. The van der Waals surface area contributed by atoms with E-state index in [1.165, 1.54) is 6.92 Å². The van der Waals surface area contributed by atoms with Crippen molar-refractivity contribution in [1.82, 2.24) is 10.2 Å². The molecule has 1 aliphatic rings. The number of rotatable bonds is 4. The summed E-state index contributed by atoms with van der Waals surface area (Å²) in [5.41, 5.74) is 0.485. The van der Waals surface area contributed by atoms with Gasteiger partial charge in [-0.25, -0.2) is 4.79 Å². The van der Waals surface area contributed by atoms with Crippen molar-refractivity contribution in [2.45, 2.75) is 6.92 Å². The van der Waals surface area contributed by atoms with Crippen molar-refractivity contribution in [2.75, 3.05) is 25.0 Å². The molecule has 1 heterocycles. The van der Waals surface area contributed by atoms with Gasteiger partial charge in [0.2, 0.25) is 5.91 Å². The van der Waals surface area contributed by atoms with Crippen molar-refractivity contribution in [1.29, 1.82) is 0 Å². The molecule has 1 aliphatic heterocycles. The summed E-state index contributed by atoms with van der Waals surface area (Å²) >= 11 is 0. The summed E-state index contributed by atoms with van der Waals surface area (Å²) < 4.78 is 5.37. The number of nitrogens with zero attached hydrogens (tertiary/aromatic N) is 1. The summed E-state index contributed by atoms with van der Waals surface area (Å²) in [6.45, 7) is 1.92. The summed E-state index contributed by atoms with van der Waals surface area (Å²) in [6, 6.07) is 6.38. The summed E-state index contributed by atoms with van der Waals surface area (Å²) in [4.78, 5) is 35.3.